The maximum Gasteiger partial charge on any atom is 0.338 e. The second-order valence-corrected chi connectivity index (χ2v) is 5.73. The lowest BCUT2D eigenvalue weighted by molar-refractivity contribution is -0.385. The molecule has 0 spiro atoms. The molecule has 124 valence electrons. The van der Waals surface area contributed by atoms with Gasteiger partial charge < -0.3 is 4.74 Å². The lowest BCUT2D eigenvalue weighted by Gasteiger charge is -2.07. The number of Topliss-reactive ketones (excluding diaryl/α,β-unsaturated/α-hetero) is 1. The largest absolute Gasteiger partial charge is 0.454 e. The summed E-state index contributed by atoms with van der Waals surface area (Å²) in [6, 6.07) is 8.17. The molecule has 2 aromatic rings. The van der Waals surface area contributed by atoms with Crippen LogP contribution < -0.4 is 0 Å². The average Bonchev–Trinajstić information content (AvgIpc) is 2.51. The van der Waals surface area contributed by atoms with Crippen molar-refractivity contribution in [3.63, 3.8) is 0 Å². The van der Waals surface area contributed by atoms with Crippen LogP contribution in [0.15, 0.2) is 36.4 Å². The van der Waals surface area contributed by atoms with Crippen LogP contribution in [0, 0.1) is 17.0 Å². The molecule has 24 heavy (non-hydrogen) atoms. The molecule has 0 aliphatic heterocycles. The van der Waals surface area contributed by atoms with Crippen LogP contribution in [0.3, 0.4) is 0 Å². The van der Waals surface area contributed by atoms with Crippen LogP contribution in [0.1, 0.15) is 26.3 Å². The summed E-state index contributed by atoms with van der Waals surface area (Å²) in [5.41, 5.74) is 0.527. The Labute approximate surface area is 147 Å². The number of esters is 1. The van der Waals surface area contributed by atoms with E-state index in [0.29, 0.717) is 10.6 Å². The van der Waals surface area contributed by atoms with Gasteiger partial charge in [0.05, 0.1) is 15.5 Å². The van der Waals surface area contributed by atoms with Crippen molar-refractivity contribution in [2.24, 2.45) is 0 Å². The number of rotatable bonds is 5. The van der Waals surface area contributed by atoms with Crippen LogP contribution in [-0.4, -0.2) is 23.3 Å². The van der Waals surface area contributed by atoms with Crippen LogP contribution in [0.5, 0.6) is 0 Å². The summed E-state index contributed by atoms with van der Waals surface area (Å²) in [5, 5.41) is 11.3. The molecule has 0 aliphatic rings. The van der Waals surface area contributed by atoms with Crippen LogP contribution in [0.2, 0.25) is 10.0 Å². The van der Waals surface area contributed by atoms with Crippen LogP contribution in [0.4, 0.5) is 5.69 Å². The van der Waals surface area contributed by atoms with Gasteiger partial charge in [0.25, 0.3) is 5.69 Å². The van der Waals surface area contributed by atoms with E-state index in [1.807, 2.05) is 0 Å². The van der Waals surface area contributed by atoms with Gasteiger partial charge in [-0.1, -0.05) is 23.2 Å². The van der Waals surface area contributed by atoms with Crippen molar-refractivity contribution in [1.82, 2.24) is 0 Å². The van der Waals surface area contributed by atoms with Gasteiger partial charge in [0.2, 0.25) is 5.78 Å². The number of benzene rings is 2. The Hall–Kier alpha value is -2.44. The molecule has 0 N–H and O–H groups in total. The van der Waals surface area contributed by atoms with Crippen LogP contribution in [0.25, 0.3) is 0 Å². The third-order valence-electron chi connectivity index (χ3n) is 3.20. The zero-order valence-corrected chi connectivity index (χ0v) is 13.9. The topological polar surface area (TPSA) is 86.5 Å². The first-order valence-corrected chi connectivity index (χ1v) is 7.45. The molecule has 8 heteroatoms. The first-order valence-electron chi connectivity index (χ1n) is 6.70. The molecule has 0 saturated carbocycles. The lowest BCUT2D eigenvalue weighted by Crippen LogP contribution is -2.15. The quantitative estimate of drug-likeness (QED) is 0.341. The van der Waals surface area contributed by atoms with Crippen molar-refractivity contribution in [3.8, 4) is 0 Å². The third kappa shape index (κ3) is 4.10. The monoisotopic (exact) mass is 367 g/mol. The predicted octanol–water partition coefficient (Wildman–Crippen LogP) is 4.25. The number of carbonyl (C=O) groups is 2. The maximum atomic E-state index is 12.0. The van der Waals surface area contributed by atoms with Crippen molar-refractivity contribution in [1.29, 1.82) is 0 Å². The molecule has 0 fully saturated rings. The van der Waals surface area contributed by atoms with E-state index < -0.39 is 23.3 Å². The van der Waals surface area contributed by atoms with Crippen molar-refractivity contribution in [3.05, 3.63) is 73.2 Å². The predicted molar refractivity (Wildman–Crippen MR) is 88.9 cm³/mol. The summed E-state index contributed by atoms with van der Waals surface area (Å²) in [4.78, 5) is 34.2. The normalized spacial score (nSPS) is 10.3. The molecule has 0 bridgehead atoms. The average molecular weight is 368 g/mol. The van der Waals surface area contributed by atoms with E-state index in [1.54, 1.807) is 0 Å². The van der Waals surface area contributed by atoms with Gasteiger partial charge >= 0.3 is 5.97 Å². The molecule has 0 aromatic heterocycles. The van der Waals surface area contributed by atoms with E-state index in [9.17, 15) is 19.7 Å². The van der Waals surface area contributed by atoms with Gasteiger partial charge in [-0.25, -0.2) is 4.79 Å². The molecule has 0 aliphatic carbocycles. The maximum absolute atomic E-state index is 12.0. The highest BCUT2D eigenvalue weighted by atomic mass is 35.5. The van der Waals surface area contributed by atoms with E-state index in [2.05, 4.69) is 0 Å². The summed E-state index contributed by atoms with van der Waals surface area (Å²) in [7, 11) is 0. The van der Waals surface area contributed by atoms with Gasteiger partial charge in [0.15, 0.2) is 6.61 Å². The highest BCUT2D eigenvalue weighted by molar-refractivity contribution is 6.36. The van der Waals surface area contributed by atoms with Gasteiger partial charge in [-0.3, -0.25) is 14.9 Å². The first-order chi connectivity index (χ1) is 11.3. The number of aryl methyl sites for hydroxylation is 1. The minimum atomic E-state index is -0.758. The number of nitro groups is 1. The molecule has 2 rings (SSSR count). The molecule has 2 aromatic carbocycles. The van der Waals surface area contributed by atoms with Gasteiger partial charge in [-0.15, -0.1) is 0 Å². The van der Waals surface area contributed by atoms with Crippen molar-refractivity contribution >= 4 is 40.6 Å². The Morgan fingerprint density at radius 2 is 1.88 bits per heavy atom. The highest BCUT2D eigenvalue weighted by Gasteiger charge is 2.17. The number of hydrogen-bond acceptors (Lipinski definition) is 5. The molecule has 0 heterocycles. The Bertz CT molecular complexity index is 835. The standard InChI is InChI=1S/C16H11Cl2NO5/c1-9-6-10(2-5-14(9)19(22)23)16(21)24-8-15(20)12-4-3-11(17)7-13(12)18/h2-7H,8H2,1H3. The Morgan fingerprint density at radius 1 is 1.17 bits per heavy atom. The number of nitro benzene ring substituents is 1. The van der Waals surface area contributed by atoms with E-state index in [-0.39, 0.29) is 21.8 Å². The van der Waals surface area contributed by atoms with Crippen LogP contribution >= 0.6 is 23.2 Å². The fourth-order valence-electron chi connectivity index (χ4n) is 2.00. The number of ketones is 1. The molecule has 0 atom stereocenters. The molecular formula is C16H11Cl2NO5. The van der Waals surface area contributed by atoms with E-state index >= 15 is 0 Å². The Morgan fingerprint density at radius 3 is 2.46 bits per heavy atom. The second-order valence-electron chi connectivity index (χ2n) is 4.88. The lowest BCUT2D eigenvalue weighted by atomic mass is 10.1. The molecule has 0 radical (unpaired) electrons. The Kier molecular flexibility index (Phi) is 5.54. The number of carbonyl (C=O) groups excluding carboxylic acids is 2. The van der Waals surface area contributed by atoms with Gasteiger partial charge in [-0.2, -0.15) is 0 Å². The summed E-state index contributed by atoms with van der Waals surface area (Å²) < 4.78 is 4.93. The van der Waals surface area contributed by atoms with Gasteiger partial charge in [-0.05, 0) is 37.3 Å². The Balaban J connectivity index is 2.06. The van der Waals surface area contributed by atoms with E-state index in [1.165, 1.54) is 43.3 Å². The van der Waals surface area contributed by atoms with Crippen LogP contribution in [-0.2, 0) is 4.74 Å². The molecular weight excluding hydrogens is 357 g/mol. The molecule has 6 nitrogen and oxygen atoms in total. The summed E-state index contributed by atoms with van der Waals surface area (Å²) in [5.74, 6) is -1.24. The van der Waals surface area contributed by atoms with Gasteiger partial charge in [0, 0.05) is 22.2 Å². The summed E-state index contributed by atoms with van der Waals surface area (Å²) >= 11 is 11.7. The van der Waals surface area contributed by atoms with Crippen molar-refractivity contribution in [2.45, 2.75) is 6.92 Å². The zero-order chi connectivity index (χ0) is 17.9. The summed E-state index contributed by atoms with van der Waals surface area (Å²) in [6.07, 6.45) is 0. The SMILES string of the molecule is Cc1cc(C(=O)OCC(=O)c2ccc(Cl)cc2Cl)ccc1[N+](=O)[O-]. The van der Waals surface area contributed by atoms with Crippen molar-refractivity contribution in [2.75, 3.05) is 6.61 Å². The molecule has 0 unspecified atom stereocenters. The van der Waals surface area contributed by atoms with E-state index in [0.717, 1.165) is 0 Å². The first kappa shape index (κ1) is 17.9. The third-order valence-corrected chi connectivity index (χ3v) is 3.74. The van der Waals surface area contributed by atoms with E-state index in [4.69, 9.17) is 27.9 Å². The fourth-order valence-corrected chi connectivity index (χ4v) is 2.51. The molecule has 0 amide bonds. The minimum absolute atomic E-state index is 0.101. The number of ether oxygens (including phenoxy) is 1. The minimum Gasteiger partial charge on any atom is -0.454 e. The highest BCUT2D eigenvalue weighted by Crippen LogP contribution is 2.22. The number of nitrogens with zero attached hydrogens (tertiary/aromatic N) is 1. The zero-order valence-electron chi connectivity index (χ0n) is 12.4. The number of halogens is 2. The smallest absolute Gasteiger partial charge is 0.338 e. The molecule has 0 saturated heterocycles. The fraction of sp³-hybridized carbons (Fsp3) is 0.125. The number of hydrogen-bond donors (Lipinski definition) is 0. The van der Waals surface area contributed by atoms with Gasteiger partial charge in [0.1, 0.15) is 0 Å². The summed E-state index contributed by atoms with van der Waals surface area (Å²) in [6.45, 7) is 1.00. The second kappa shape index (κ2) is 7.42. The van der Waals surface area contributed by atoms with Crippen molar-refractivity contribution < 1.29 is 19.2 Å².